The van der Waals surface area contributed by atoms with Gasteiger partial charge in [0.25, 0.3) is 0 Å². The summed E-state index contributed by atoms with van der Waals surface area (Å²) in [7, 11) is 5.93. The molecule has 49 heavy (non-hydrogen) atoms. The Labute approximate surface area is 298 Å². The first-order valence-electron chi connectivity index (χ1n) is 17.9. The molecule has 13 heteroatoms. The first-order valence-corrected chi connectivity index (χ1v) is 18.4. The van der Waals surface area contributed by atoms with Gasteiger partial charge in [0.05, 0.1) is 51.9 Å². The average Bonchev–Trinajstić information content (AvgIpc) is 3.50. The van der Waals surface area contributed by atoms with Crippen molar-refractivity contribution in [1.29, 1.82) is 5.41 Å². The van der Waals surface area contributed by atoms with Crippen molar-refractivity contribution < 1.29 is 34.4 Å². The highest BCUT2D eigenvalue weighted by atomic mass is 32.1. The lowest BCUT2D eigenvalue weighted by Gasteiger charge is -2.42. The molecule has 12 nitrogen and oxygen atoms in total. The summed E-state index contributed by atoms with van der Waals surface area (Å²) in [5.41, 5.74) is -3.22. The minimum Gasteiger partial charge on any atom is -0.481 e. The molecule has 2 unspecified atom stereocenters. The van der Waals surface area contributed by atoms with Gasteiger partial charge in [0, 0.05) is 0 Å². The van der Waals surface area contributed by atoms with Crippen LogP contribution in [-0.2, 0) is 9.53 Å². The first-order chi connectivity index (χ1) is 23.2. The van der Waals surface area contributed by atoms with Crippen LogP contribution in [0, 0.1) is 5.41 Å². The number of likely N-dealkylation sites (N-methyl/N-ethyl adjacent to an activating group) is 1. The topological polar surface area (TPSA) is 171 Å². The number of fused-ring (bicyclic) bond motifs is 1. The highest BCUT2D eigenvalue weighted by Crippen LogP contribution is 2.44. The minimum atomic E-state index is -1.15. The number of unbranched alkanes of at least 4 members (excludes halogenated alkanes) is 9. The van der Waals surface area contributed by atoms with Gasteiger partial charge in [-0.05, 0) is 58.3 Å². The van der Waals surface area contributed by atoms with Crippen molar-refractivity contribution in [3.05, 3.63) is 24.3 Å². The molecule has 1 saturated heterocycles. The van der Waals surface area contributed by atoms with Crippen molar-refractivity contribution >= 4 is 42.9 Å². The molecular weight excluding hydrogens is 644 g/mol. The number of carboxylic acid groups (broad SMARTS) is 1. The fourth-order valence-electron chi connectivity index (χ4n) is 7.10. The number of aliphatic carboxylic acids is 1. The van der Waals surface area contributed by atoms with Gasteiger partial charge in [-0.1, -0.05) is 62.8 Å². The summed E-state index contributed by atoms with van der Waals surface area (Å²) in [6.07, 6.45) is 23.2. The number of carbonyl (C=O) groups is 1. The fraction of sp³-hybridized carbons (Fsp3) is 0.750. The standard InChI is InChI=1S/C36H60N6O6S/c1-34-32(37)38-26-39-33(34)41(27-40-34)36(31(49)30(46)28(24-43)48-36)22-20-18-16-14-12-10-8-6-5-7-9-11-13-15-17-19-21-35(47,23-29(44)45)25-42(2,3)4/h5-6,10,12,26-28,30-31,37,43,46-47H,7-9,11,13-25H2,1-4H3,(H-,44,45,49)/p+1/b6-5-,12-10-,37-32?/t28-,30-,31-,34?,35?,36-/m1/s1. The Hall–Kier alpha value is -2.42. The summed E-state index contributed by atoms with van der Waals surface area (Å²) in [5, 5.41) is 48.4. The van der Waals surface area contributed by atoms with Crippen LogP contribution in [0.15, 0.2) is 39.3 Å². The third-order valence-electron chi connectivity index (χ3n) is 9.56. The lowest BCUT2D eigenvalue weighted by atomic mass is 9.91. The van der Waals surface area contributed by atoms with Crippen LogP contribution >= 0.6 is 12.6 Å². The lowest BCUT2D eigenvalue weighted by Crippen LogP contribution is -2.59. The molecule has 1 fully saturated rings. The number of aliphatic hydroxyl groups is 3. The third kappa shape index (κ3) is 11.5. The fourth-order valence-corrected chi connectivity index (χ4v) is 7.60. The summed E-state index contributed by atoms with van der Waals surface area (Å²) in [4.78, 5) is 26.0. The van der Waals surface area contributed by atoms with Crippen LogP contribution in [0.1, 0.15) is 103 Å². The molecule has 3 aliphatic heterocycles. The van der Waals surface area contributed by atoms with E-state index < -0.39 is 40.3 Å². The largest absolute Gasteiger partial charge is 0.481 e. The molecule has 0 aromatic carbocycles. The summed E-state index contributed by atoms with van der Waals surface area (Å²) >= 11 is 4.75. The molecule has 3 rings (SSSR count). The number of quaternary nitrogens is 1. The molecule has 5 N–H and O–H groups in total. The van der Waals surface area contributed by atoms with Crippen LogP contribution < -0.4 is 0 Å². The van der Waals surface area contributed by atoms with Gasteiger partial charge >= 0.3 is 5.97 Å². The van der Waals surface area contributed by atoms with Gasteiger partial charge in [-0.3, -0.25) is 20.1 Å². The molecule has 276 valence electrons. The minimum absolute atomic E-state index is 0.0859. The lowest BCUT2D eigenvalue weighted by molar-refractivity contribution is -0.877. The van der Waals surface area contributed by atoms with E-state index in [0.717, 1.165) is 70.6 Å². The maximum Gasteiger partial charge on any atom is 0.306 e. The zero-order valence-corrected chi connectivity index (χ0v) is 30.9. The van der Waals surface area contributed by atoms with Crippen LogP contribution in [0.25, 0.3) is 0 Å². The molecule has 0 aromatic rings. The van der Waals surface area contributed by atoms with Gasteiger partial charge in [0.2, 0.25) is 0 Å². The van der Waals surface area contributed by atoms with Crippen LogP contribution in [0.5, 0.6) is 0 Å². The van der Waals surface area contributed by atoms with E-state index in [0.29, 0.717) is 29.7 Å². The van der Waals surface area contributed by atoms with Crippen molar-refractivity contribution in [2.24, 2.45) is 15.0 Å². The van der Waals surface area contributed by atoms with E-state index in [9.17, 15) is 25.2 Å². The molecule has 3 heterocycles. The van der Waals surface area contributed by atoms with Gasteiger partial charge in [0.15, 0.2) is 17.1 Å². The molecule has 0 aliphatic carbocycles. The normalized spacial score (nSPS) is 28.2. The van der Waals surface area contributed by atoms with Crippen LogP contribution in [0.2, 0.25) is 0 Å². The van der Waals surface area contributed by atoms with Crippen LogP contribution in [-0.4, -0.2) is 129 Å². The van der Waals surface area contributed by atoms with Gasteiger partial charge in [0.1, 0.15) is 30.4 Å². The molecule has 0 radical (unpaired) electrons. The van der Waals surface area contributed by atoms with Crippen molar-refractivity contribution in [3.63, 3.8) is 0 Å². The smallest absolute Gasteiger partial charge is 0.306 e. The van der Waals surface area contributed by atoms with E-state index in [1.165, 1.54) is 12.8 Å². The number of hydrogen-bond donors (Lipinski definition) is 6. The molecule has 6 atom stereocenters. The number of aliphatic hydroxyl groups excluding tert-OH is 2. The Bertz CT molecular complexity index is 1250. The molecular formula is C36H61N6O6S+. The number of nitrogens with zero attached hydrogens (tertiary/aromatic N) is 5. The summed E-state index contributed by atoms with van der Waals surface area (Å²) in [6, 6.07) is 0. The first kappa shape index (κ1) is 41.0. The van der Waals surface area contributed by atoms with Gasteiger partial charge in [-0.25, -0.2) is 9.98 Å². The van der Waals surface area contributed by atoms with E-state index in [1.54, 1.807) is 18.2 Å². The van der Waals surface area contributed by atoms with E-state index in [4.69, 9.17) is 22.8 Å². The van der Waals surface area contributed by atoms with Gasteiger partial charge < -0.3 is 29.6 Å². The van der Waals surface area contributed by atoms with E-state index in [-0.39, 0.29) is 18.9 Å². The second-order valence-corrected chi connectivity index (χ2v) is 15.6. The van der Waals surface area contributed by atoms with Crippen LogP contribution in [0.4, 0.5) is 0 Å². The number of aliphatic imine (C=N–C) groups is 3. The maximum atomic E-state index is 11.2. The molecule has 3 aliphatic rings. The van der Waals surface area contributed by atoms with Gasteiger partial charge in [-0.2, -0.15) is 12.6 Å². The Morgan fingerprint density at radius 2 is 1.67 bits per heavy atom. The Morgan fingerprint density at radius 3 is 2.27 bits per heavy atom. The quantitative estimate of drug-likeness (QED) is 0.0386. The van der Waals surface area contributed by atoms with Gasteiger partial charge in [-0.15, -0.1) is 0 Å². The molecule has 0 amide bonds. The Morgan fingerprint density at radius 1 is 1.06 bits per heavy atom. The molecule has 0 saturated carbocycles. The van der Waals surface area contributed by atoms with Crippen molar-refractivity contribution in [2.75, 3.05) is 34.3 Å². The maximum absolute atomic E-state index is 11.2. The van der Waals surface area contributed by atoms with E-state index >= 15 is 0 Å². The summed E-state index contributed by atoms with van der Waals surface area (Å²) in [6.45, 7) is 1.90. The second kappa shape index (κ2) is 18.7. The number of nitrogens with one attached hydrogen (secondary N) is 1. The summed E-state index contributed by atoms with van der Waals surface area (Å²) in [5.74, 6) is -0.343. The predicted molar refractivity (Wildman–Crippen MR) is 199 cm³/mol. The summed E-state index contributed by atoms with van der Waals surface area (Å²) < 4.78 is 6.86. The van der Waals surface area contributed by atoms with Crippen LogP contribution in [0.3, 0.4) is 0 Å². The number of allylic oxidation sites excluding steroid dienone is 4. The Balaban J connectivity index is 1.28. The second-order valence-electron chi connectivity index (χ2n) is 15.0. The molecule has 0 aromatic heterocycles. The molecule has 0 spiro atoms. The number of ether oxygens (including phenoxy) is 1. The van der Waals surface area contributed by atoms with Crippen molar-refractivity contribution in [1.82, 2.24) is 4.90 Å². The van der Waals surface area contributed by atoms with Crippen molar-refractivity contribution in [3.8, 4) is 0 Å². The number of rotatable bonds is 23. The average molecular weight is 706 g/mol. The highest BCUT2D eigenvalue weighted by molar-refractivity contribution is 7.81. The third-order valence-corrected chi connectivity index (χ3v) is 10.3. The zero-order valence-electron chi connectivity index (χ0n) is 30.0. The highest BCUT2D eigenvalue weighted by Gasteiger charge is 2.60. The van der Waals surface area contributed by atoms with Crippen molar-refractivity contribution in [2.45, 2.75) is 138 Å². The van der Waals surface area contributed by atoms with E-state index in [1.807, 2.05) is 21.1 Å². The number of thiol groups is 1. The molecule has 0 bridgehead atoms. The number of carboxylic acids is 1. The SMILES string of the molecule is CC12N=CN([C@]3(CCCCC/C=C\C/C=C\CCCCCCCCC(O)(CC(=O)O)C[N+](C)(C)C)O[C@H](CO)[C@@H](O)[C@H]3S)C1=NC=NC2=N. The zero-order chi connectivity index (χ0) is 36.1. The monoisotopic (exact) mass is 705 g/mol. The van der Waals surface area contributed by atoms with E-state index in [2.05, 4.69) is 39.3 Å². The number of amidine groups is 2. The number of hydrogen-bond acceptors (Lipinski definition) is 10. The Kier molecular flexibility index (Phi) is 15.7. The predicted octanol–water partition coefficient (Wildman–Crippen LogP) is 4.74.